The van der Waals surface area contributed by atoms with Crippen LogP contribution in [0.15, 0.2) is 72.8 Å². The maximum atomic E-state index is 13.9. The first-order valence-corrected chi connectivity index (χ1v) is 18.0. The van der Waals surface area contributed by atoms with Crippen molar-refractivity contribution in [2.75, 3.05) is 0 Å². The molecule has 0 saturated heterocycles. The van der Waals surface area contributed by atoms with Crippen molar-refractivity contribution < 1.29 is 9.53 Å². The van der Waals surface area contributed by atoms with E-state index in [1.54, 1.807) is 0 Å². The van der Waals surface area contributed by atoms with Crippen molar-refractivity contribution in [2.45, 2.75) is 123 Å². The molecule has 4 heteroatoms. The van der Waals surface area contributed by atoms with Crippen molar-refractivity contribution >= 4 is 27.8 Å². The minimum absolute atomic E-state index is 0.241. The second kappa shape index (κ2) is 14.3. The van der Waals surface area contributed by atoms with Crippen molar-refractivity contribution in [1.29, 1.82) is 0 Å². The van der Waals surface area contributed by atoms with Gasteiger partial charge in [0.05, 0.1) is 5.56 Å². The van der Waals surface area contributed by atoms with Crippen molar-refractivity contribution in [2.24, 2.45) is 0 Å². The molecule has 0 amide bonds. The highest BCUT2D eigenvalue weighted by Gasteiger charge is 2.53. The van der Waals surface area contributed by atoms with Crippen molar-refractivity contribution in [3.63, 3.8) is 0 Å². The molecule has 0 fully saturated rings. The van der Waals surface area contributed by atoms with Crippen LogP contribution in [0.4, 0.5) is 0 Å². The number of hydrogen-bond donors (Lipinski definition) is 0. The Morgan fingerprint density at radius 1 is 0.565 bits per heavy atom. The fourth-order valence-corrected chi connectivity index (χ4v) is 8.14. The number of rotatable bonds is 16. The lowest BCUT2D eigenvalue weighted by Gasteiger charge is -2.31. The zero-order valence-corrected chi connectivity index (χ0v) is 28.5. The first-order valence-electron chi connectivity index (χ1n) is 18.0. The predicted octanol–water partition coefficient (Wildman–Crippen LogP) is 11.4. The molecule has 4 nitrogen and oxygen atoms in total. The third kappa shape index (κ3) is 5.69. The lowest BCUT2D eigenvalue weighted by molar-refractivity contribution is 0.0255. The minimum atomic E-state index is -1.04. The van der Waals surface area contributed by atoms with Gasteiger partial charge in [-0.05, 0) is 44.9 Å². The lowest BCUT2D eigenvalue weighted by Crippen LogP contribution is -2.31. The van der Waals surface area contributed by atoms with Crippen LogP contribution < -0.4 is 0 Å². The third-order valence-electron chi connectivity index (χ3n) is 10.4. The van der Waals surface area contributed by atoms with Gasteiger partial charge in [0, 0.05) is 63.0 Å². The third-order valence-corrected chi connectivity index (χ3v) is 10.4. The summed E-state index contributed by atoms with van der Waals surface area (Å²) in [5.74, 6) is -0.241. The van der Waals surface area contributed by atoms with Crippen LogP contribution in [0.5, 0.6) is 0 Å². The van der Waals surface area contributed by atoms with Gasteiger partial charge in [0.15, 0.2) is 5.60 Å². The van der Waals surface area contributed by atoms with Gasteiger partial charge in [-0.2, -0.15) is 0 Å². The van der Waals surface area contributed by atoms with E-state index >= 15 is 0 Å². The van der Waals surface area contributed by atoms with Gasteiger partial charge in [-0.3, -0.25) is 0 Å². The van der Waals surface area contributed by atoms with E-state index in [0.717, 1.165) is 42.6 Å². The van der Waals surface area contributed by atoms with E-state index in [-0.39, 0.29) is 5.97 Å². The summed E-state index contributed by atoms with van der Waals surface area (Å²) in [6, 6.07) is 25.6. The molecule has 0 radical (unpaired) electrons. The summed E-state index contributed by atoms with van der Waals surface area (Å²) in [6.07, 6.45) is 15.1. The quantitative estimate of drug-likeness (QED) is 0.0817. The summed E-state index contributed by atoms with van der Waals surface area (Å²) in [7, 11) is 0. The van der Waals surface area contributed by atoms with Gasteiger partial charge < -0.3 is 13.9 Å². The second-order valence-electron chi connectivity index (χ2n) is 13.4. The molecule has 3 heterocycles. The maximum absolute atomic E-state index is 13.9. The molecule has 6 rings (SSSR count). The molecule has 0 spiro atoms. The number of nitrogens with zero attached hydrogens (tertiary/aromatic N) is 2. The van der Waals surface area contributed by atoms with Crippen LogP contribution in [0.3, 0.4) is 0 Å². The van der Waals surface area contributed by atoms with Gasteiger partial charge in [0.1, 0.15) is 0 Å². The highest BCUT2D eigenvalue weighted by Crippen LogP contribution is 2.54. The van der Waals surface area contributed by atoms with Gasteiger partial charge in [-0.1, -0.05) is 133 Å². The fourth-order valence-electron chi connectivity index (χ4n) is 8.14. The Balaban J connectivity index is 1.52. The maximum Gasteiger partial charge on any atom is 0.340 e. The van der Waals surface area contributed by atoms with E-state index in [9.17, 15) is 4.79 Å². The Hall–Kier alpha value is -3.79. The number of aryl methyl sites for hydroxylation is 2. The second-order valence-corrected chi connectivity index (χ2v) is 13.4. The van der Waals surface area contributed by atoms with Crippen molar-refractivity contribution in [3.05, 3.63) is 106 Å². The monoisotopic (exact) mass is 616 g/mol. The molecule has 0 bridgehead atoms. The van der Waals surface area contributed by atoms with E-state index in [2.05, 4.69) is 97.5 Å². The van der Waals surface area contributed by atoms with E-state index in [1.807, 2.05) is 12.1 Å². The molecule has 1 aliphatic heterocycles. The molecule has 2 aromatic heterocycles. The SMILES string of the molecule is CCCCCCCCn1c(C)c(C2(c3c(C)n(CCCCCCCC)c4ccccc34)OC(=O)c3ccccc32)c2ccccc21. The molecule has 0 unspecified atom stereocenters. The summed E-state index contributed by atoms with van der Waals surface area (Å²) in [4.78, 5) is 13.9. The number of carbonyl (C=O) groups excluding carboxylic acids is 1. The number of esters is 1. The molecule has 0 saturated carbocycles. The number of ether oxygens (including phenoxy) is 1. The van der Waals surface area contributed by atoms with Crippen LogP contribution in [0.2, 0.25) is 0 Å². The molecule has 0 atom stereocenters. The summed E-state index contributed by atoms with van der Waals surface area (Å²) in [5, 5.41) is 2.34. The Labute approximate surface area is 275 Å². The zero-order valence-electron chi connectivity index (χ0n) is 28.5. The van der Waals surface area contributed by atoms with Crippen molar-refractivity contribution in [3.8, 4) is 0 Å². The van der Waals surface area contributed by atoms with E-state index in [4.69, 9.17) is 4.74 Å². The number of hydrogen-bond acceptors (Lipinski definition) is 2. The molecule has 5 aromatic rings. The van der Waals surface area contributed by atoms with Gasteiger partial charge in [0.25, 0.3) is 0 Å². The minimum Gasteiger partial charge on any atom is -0.440 e. The van der Waals surface area contributed by atoms with E-state index in [0.29, 0.717) is 5.56 Å². The number of carbonyl (C=O) groups is 1. The molecule has 0 N–H and O–H groups in total. The number of aromatic nitrogens is 2. The topological polar surface area (TPSA) is 36.2 Å². The molecular weight excluding hydrogens is 564 g/mol. The highest BCUT2D eigenvalue weighted by molar-refractivity contribution is 6.01. The van der Waals surface area contributed by atoms with Crippen LogP contribution in [0, 0.1) is 13.8 Å². The fraction of sp³-hybridized carbons (Fsp3) is 0.452. The van der Waals surface area contributed by atoms with Gasteiger partial charge >= 0.3 is 5.97 Å². The number of fused-ring (bicyclic) bond motifs is 3. The number of unbranched alkanes of at least 4 members (excludes halogenated alkanes) is 10. The summed E-state index contributed by atoms with van der Waals surface area (Å²) >= 11 is 0. The lowest BCUT2D eigenvalue weighted by atomic mass is 9.77. The van der Waals surface area contributed by atoms with Crippen LogP contribution in [0.25, 0.3) is 21.8 Å². The molecule has 3 aromatic carbocycles. The number of cyclic esters (lactones) is 1. The first-order chi connectivity index (χ1) is 22.5. The predicted molar refractivity (Wildman–Crippen MR) is 192 cm³/mol. The van der Waals surface area contributed by atoms with E-state index < -0.39 is 5.60 Å². The number of benzene rings is 3. The standard InChI is InChI=1S/C42H52N2O2/c1-5-7-9-11-13-21-29-43-31(3)39(34-24-16-19-27-37(34)43)42(36-26-18-15-23-33(36)41(45)46-42)40-32(4)44(30-22-14-12-10-8-6-2)38-28-20-17-25-35(38)40/h15-20,23-28H,5-14,21-22,29-30H2,1-4H3. The Bertz CT molecular complexity index is 1710. The average molecular weight is 617 g/mol. The van der Waals surface area contributed by atoms with E-state index in [1.165, 1.54) is 97.4 Å². The normalized spacial score (nSPS) is 14.0. The number of para-hydroxylation sites is 2. The highest BCUT2D eigenvalue weighted by atomic mass is 16.6. The average Bonchev–Trinajstić information content (AvgIpc) is 3.64. The van der Waals surface area contributed by atoms with Gasteiger partial charge in [-0.15, -0.1) is 0 Å². The molecule has 1 aliphatic rings. The summed E-state index contributed by atoms with van der Waals surface area (Å²) in [5.41, 5.74) is 7.61. The molecule has 0 aliphatic carbocycles. The van der Waals surface area contributed by atoms with Crippen LogP contribution >= 0.6 is 0 Å². The van der Waals surface area contributed by atoms with Crippen LogP contribution in [-0.2, 0) is 23.4 Å². The van der Waals surface area contributed by atoms with Crippen LogP contribution in [-0.4, -0.2) is 15.1 Å². The largest absolute Gasteiger partial charge is 0.440 e. The Morgan fingerprint density at radius 2 is 1.00 bits per heavy atom. The zero-order chi connectivity index (χ0) is 32.1. The first kappa shape index (κ1) is 32.2. The Morgan fingerprint density at radius 3 is 1.52 bits per heavy atom. The summed E-state index contributed by atoms with van der Waals surface area (Å²) < 4.78 is 11.9. The van der Waals surface area contributed by atoms with Crippen LogP contribution in [0.1, 0.15) is 129 Å². The summed E-state index contributed by atoms with van der Waals surface area (Å²) in [6.45, 7) is 11.0. The molecular formula is C42H52N2O2. The molecule has 46 heavy (non-hydrogen) atoms. The molecule has 242 valence electrons. The van der Waals surface area contributed by atoms with Gasteiger partial charge in [0.2, 0.25) is 0 Å². The van der Waals surface area contributed by atoms with Gasteiger partial charge in [-0.25, -0.2) is 4.79 Å². The smallest absolute Gasteiger partial charge is 0.340 e. The Kier molecular flexibility index (Phi) is 10.0. The van der Waals surface area contributed by atoms with Crippen molar-refractivity contribution in [1.82, 2.24) is 9.13 Å².